The van der Waals surface area contributed by atoms with Crippen LogP contribution in [0, 0.1) is 20.8 Å². The first-order chi connectivity index (χ1) is 11.4. The molecule has 0 saturated carbocycles. The summed E-state index contributed by atoms with van der Waals surface area (Å²) in [5.41, 5.74) is 4.47. The third kappa shape index (κ3) is 2.81. The molecule has 0 spiro atoms. The topological polar surface area (TPSA) is 49.4 Å². The number of amides is 2. The van der Waals surface area contributed by atoms with Gasteiger partial charge < -0.3 is 5.32 Å². The van der Waals surface area contributed by atoms with E-state index in [9.17, 15) is 9.59 Å². The maximum Gasteiger partial charge on any atom is 0.283 e. The Hall–Kier alpha value is -2.59. The van der Waals surface area contributed by atoms with Gasteiger partial charge in [0.05, 0.1) is 5.69 Å². The van der Waals surface area contributed by atoms with Crippen LogP contribution in [0.25, 0.3) is 0 Å². The van der Waals surface area contributed by atoms with Crippen molar-refractivity contribution in [2.24, 2.45) is 0 Å². The van der Waals surface area contributed by atoms with Gasteiger partial charge in [-0.15, -0.1) is 0 Å². The number of halogens is 1. The Morgan fingerprint density at radius 3 is 2.33 bits per heavy atom. The van der Waals surface area contributed by atoms with Gasteiger partial charge in [0, 0.05) is 5.69 Å². The average molecular weight is 341 g/mol. The molecule has 0 fully saturated rings. The molecule has 2 aromatic carbocycles. The molecule has 122 valence electrons. The largest absolute Gasteiger partial charge is 0.350 e. The number of benzene rings is 2. The van der Waals surface area contributed by atoms with Crippen LogP contribution in [0.3, 0.4) is 0 Å². The smallest absolute Gasteiger partial charge is 0.283 e. The van der Waals surface area contributed by atoms with Gasteiger partial charge in [0.2, 0.25) is 0 Å². The molecule has 0 atom stereocenters. The van der Waals surface area contributed by atoms with Crippen LogP contribution in [0.1, 0.15) is 16.7 Å². The molecule has 5 heteroatoms. The van der Waals surface area contributed by atoms with Crippen molar-refractivity contribution in [1.82, 2.24) is 0 Å². The monoisotopic (exact) mass is 340 g/mol. The fourth-order valence-electron chi connectivity index (χ4n) is 2.58. The number of rotatable bonds is 3. The highest BCUT2D eigenvalue weighted by atomic mass is 35.5. The van der Waals surface area contributed by atoms with Gasteiger partial charge in [-0.25, -0.2) is 4.90 Å². The third-order valence-electron chi connectivity index (χ3n) is 4.06. The second-order valence-electron chi connectivity index (χ2n) is 5.90. The van der Waals surface area contributed by atoms with Crippen molar-refractivity contribution < 1.29 is 9.59 Å². The third-order valence-corrected chi connectivity index (χ3v) is 4.41. The molecule has 4 nitrogen and oxygen atoms in total. The summed E-state index contributed by atoms with van der Waals surface area (Å²) in [5, 5.41) is 2.88. The first-order valence-corrected chi connectivity index (χ1v) is 7.96. The number of nitrogens with zero attached hydrogens (tertiary/aromatic N) is 1. The van der Waals surface area contributed by atoms with Gasteiger partial charge in [-0.2, -0.15) is 0 Å². The molecule has 2 aromatic rings. The molecule has 1 aliphatic heterocycles. The lowest BCUT2D eigenvalue weighted by molar-refractivity contribution is -0.120. The van der Waals surface area contributed by atoms with Crippen LogP contribution < -0.4 is 10.2 Å². The minimum absolute atomic E-state index is 0.0975. The van der Waals surface area contributed by atoms with Crippen LogP contribution in [-0.2, 0) is 9.59 Å². The highest BCUT2D eigenvalue weighted by Crippen LogP contribution is 2.31. The molecule has 0 aliphatic carbocycles. The molecule has 1 N–H and O–H groups in total. The van der Waals surface area contributed by atoms with E-state index in [4.69, 9.17) is 11.6 Å². The molecule has 24 heavy (non-hydrogen) atoms. The second kappa shape index (κ2) is 6.13. The van der Waals surface area contributed by atoms with Gasteiger partial charge in [0.15, 0.2) is 0 Å². The number of carbonyl (C=O) groups excluding carboxylic acids is 2. The maximum absolute atomic E-state index is 12.7. The van der Waals surface area contributed by atoms with Crippen molar-refractivity contribution in [2.75, 3.05) is 10.2 Å². The summed E-state index contributed by atoms with van der Waals surface area (Å²) in [6.07, 6.45) is 0. The first-order valence-electron chi connectivity index (χ1n) is 7.58. The molecule has 0 saturated heterocycles. The zero-order valence-corrected chi connectivity index (χ0v) is 14.4. The predicted octanol–water partition coefficient (Wildman–Crippen LogP) is 4.05. The van der Waals surface area contributed by atoms with Crippen molar-refractivity contribution in [1.29, 1.82) is 0 Å². The van der Waals surface area contributed by atoms with Crippen LogP contribution in [0.2, 0.25) is 0 Å². The van der Waals surface area contributed by atoms with Gasteiger partial charge in [-0.1, -0.05) is 29.8 Å². The molecule has 0 radical (unpaired) electrons. The zero-order valence-electron chi connectivity index (χ0n) is 13.7. The van der Waals surface area contributed by atoms with Crippen LogP contribution >= 0.6 is 11.6 Å². The number of hydrogen-bond acceptors (Lipinski definition) is 3. The summed E-state index contributed by atoms with van der Waals surface area (Å²) >= 11 is 6.13. The fourth-order valence-corrected chi connectivity index (χ4v) is 2.79. The molecular weight excluding hydrogens is 324 g/mol. The van der Waals surface area contributed by atoms with Crippen molar-refractivity contribution >= 4 is 34.8 Å². The lowest BCUT2D eigenvalue weighted by Crippen LogP contribution is -2.32. The number of nitrogens with one attached hydrogen (secondary N) is 1. The lowest BCUT2D eigenvalue weighted by atomic mass is 10.1. The van der Waals surface area contributed by atoms with Gasteiger partial charge >= 0.3 is 0 Å². The summed E-state index contributed by atoms with van der Waals surface area (Å²) in [6, 6.07) is 13.0. The van der Waals surface area contributed by atoms with Crippen molar-refractivity contribution in [3.8, 4) is 0 Å². The van der Waals surface area contributed by atoms with Crippen molar-refractivity contribution in [3.05, 3.63) is 69.9 Å². The number of hydrogen-bond donors (Lipinski definition) is 1. The Balaban J connectivity index is 1.94. The Kier molecular flexibility index (Phi) is 4.16. The molecule has 1 heterocycles. The normalized spacial score (nSPS) is 14.6. The van der Waals surface area contributed by atoms with Gasteiger partial charge in [0.1, 0.15) is 10.7 Å². The fraction of sp³-hybridized carbons (Fsp3) is 0.158. The summed E-state index contributed by atoms with van der Waals surface area (Å²) in [7, 11) is 0. The van der Waals surface area contributed by atoms with Gasteiger partial charge in [0.25, 0.3) is 11.8 Å². The number of anilines is 2. The minimum atomic E-state index is -0.514. The lowest BCUT2D eigenvalue weighted by Gasteiger charge is -2.16. The maximum atomic E-state index is 12.7. The van der Waals surface area contributed by atoms with E-state index in [2.05, 4.69) is 5.32 Å². The molecule has 2 amide bonds. The van der Waals surface area contributed by atoms with E-state index in [-0.39, 0.29) is 10.7 Å². The van der Waals surface area contributed by atoms with E-state index in [1.807, 2.05) is 57.2 Å². The molecule has 1 aliphatic rings. The summed E-state index contributed by atoms with van der Waals surface area (Å²) in [4.78, 5) is 26.3. The predicted molar refractivity (Wildman–Crippen MR) is 96.1 cm³/mol. The molecule has 0 aromatic heterocycles. The van der Waals surface area contributed by atoms with Gasteiger partial charge in [-0.3, -0.25) is 9.59 Å². The number of imide groups is 1. The Bertz CT molecular complexity index is 887. The zero-order chi connectivity index (χ0) is 17.4. The highest BCUT2D eigenvalue weighted by molar-refractivity contribution is 6.53. The Labute approximate surface area is 145 Å². The van der Waals surface area contributed by atoms with Crippen LogP contribution in [-0.4, -0.2) is 11.8 Å². The van der Waals surface area contributed by atoms with E-state index in [0.717, 1.165) is 21.6 Å². The highest BCUT2D eigenvalue weighted by Gasteiger charge is 2.39. The quantitative estimate of drug-likeness (QED) is 0.858. The van der Waals surface area contributed by atoms with Gasteiger partial charge in [-0.05, 0) is 61.7 Å². The standard InChI is InChI=1S/C19H17ClN2O2/c1-11-5-4-6-14(9-11)21-17-16(20)18(23)22(19(17)24)15-8-7-12(2)13(3)10-15/h4-10,21H,1-3H3. The molecule has 0 unspecified atom stereocenters. The van der Waals surface area contributed by atoms with Crippen LogP contribution in [0.15, 0.2) is 53.2 Å². The summed E-state index contributed by atoms with van der Waals surface area (Å²) in [5.74, 6) is -0.963. The van der Waals surface area contributed by atoms with E-state index in [1.54, 1.807) is 6.07 Å². The van der Waals surface area contributed by atoms with E-state index >= 15 is 0 Å². The number of aryl methyl sites for hydroxylation is 3. The molecule has 0 bridgehead atoms. The van der Waals surface area contributed by atoms with Crippen molar-refractivity contribution in [3.63, 3.8) is 0 Å². The average Bonchev–Trinajstić information content (AvgIpc) is 2.74. The number of carbonyl (C=O) groups is 2. The SMILES string of the molecule is Cc1cccc(NC2=C(Cl)C(=O)N(c3ccc(C)c(C)c3)C2=O)c1. The van der Waals surface area contributed by atoms with E-state index < -0.39 is 11.8 Å². The second-order valence-corrected chi connectivity index (χ2v) is 6.28. The van der Waals surface area contributed by atoms with E-state index in [0.29, 0.717) is 11.4 Å². The van der Waals surface area contributed by atoms with E-state index in [1.165, 1.54) is 0 Å². The molecular formula is C19H17ClN2O2. The Morgan fingerprint density at radius 2 is 1.67 bits per heavy atom. The minimum Gasteiger partial charge on any atom is -0.350 e. The first kappa shape index (κ1) is 16.3. The summed E-state index contributed by atoms with van der Waals surface area (Å²) in [6.45, 7) is 5.86. The van der Waals surface area contributed by atoms with Crippen LogP contribution in [0.5, 0.6) is 0 Å². The Morgan fingerprint density at radius 1 is 0.917 bits per heavy atom. The molecule has 3 rings (SSSR count). The summed E-state index contributed by atoms with van der Waals surface area (Å²) < 4.78 is 0. The van der Waals surface area contributed by atoms with Crippen LogP contribution in [0.4, 0.5) is 11.4 Å². The van der Waals surface area contributed by atoms with Crippen molar-refractivity contribution in [2.45, 2.75) is 20.8 Å².